The molecule has 0 saturated carbocycles. The molecule has 0 aliphatic rings. The molecule has 0 nitrogen and oxygen atoms in total. The van der Waals surface area contributed by atoms with E-state index in [1.165, 1.54) is 0 Å². The van der Waals surface area contributed by atoms with Crippen LogP contribution in [0.3, 0.4) is 0 Å². The van der Waals surface area contributed by atoms with Gasteiger partial charge in [-0.05, 0) is 0 Å². The SMILES string of the molecule is [Cl][Cu]([Cl])([I])[I].[RbH]. The Morgan fingerprint density at radius 1 is 1.17 bits per heavy atom. The first kappa shape index (κ1) is 13.0. The van der Waals surface area contributed by atoms with Gasteiger partial charge in [0.05, 0.1) is 0 Å². The Bertz CT molecular complexity index is 27.0. The van der Waals surface area contributed by atoms with Crippen molar-refractivity contribution in [2.24, 2.45) is 0 Å². The summed E-state index contributed by atoms with van der Waals surface area (Å²) >= 11 is 3.95. The van der Waals surface area contributed by atoms with Crippen molar-refractivity contribution in [3.8, 4) is 0 Å². The molecule has 6 heavy (non-hydrogen) atoms. The molecule has 0 spiro atoms. The van der Waals surface area contributed by atoms with Gasteiger partial charge in [-0.25, -0.2) is 0 Å². The van der Waals surface area contributed by atoms with Gasteiger partial charge < -0.3 is 0 Å². The van der Waals surface area contributed by atoms with E-state index < -0.39 is 4.52 Å². The molecule has 0 N–H and O–H groups in total. The number of hydrogen-bond donors (Lipinski definition) is 0. The molecule has 0 atom stereocenters. The molecular formula is HCl2CuI2Rb. The maximum absolute atomic E-state index is 5.35. The van der Waals surface area contributed by atoms with Gasteiger partial charge in [-0.2, -0.15) is 0 Å². The molecule has 0 radical (unpaired) electrons. The van der Waals surface area contributed by atoms with Gasteiger partial charge in [0.2, 0.25) is 0 Å². The molecule has 0 heterocycles. The van der Waals surface area contributed by atoms with Crippen LogP contribution in [0, 0.1) is 0 Å². The van der Waals surface area contributed by atoms with Gasteiger partial charge >= 0.3 is 124 Å². The molecule has 0 aromatic carbocycles. The minimum absolute atomic E-state index is 0. The third-order valence-electron chi connectivity index (χ3n) is 0. The second-order valence-electron chi connectivity index (χ2n) is 0.258. The predicted molar refractivity (Wildman–Crippen MR) is 46.9 cm³/mol. The first-order valence-electron chi connectivity index (χ1n) is 0.456. The summed E-state index contributed by atoms with van der Waals surface area (Å²) in [5.41, 5.74) is 0. The first-order valence-corrected chi connectivity index (χ1v) is 9.12. The molecule has 6 heteroatoms. The van der Waals surface area contributed by atoms with Gasteiger partial charge in [-0.15, -0.1) is 0 Å². The van der Waals surface area contributed by atoms with Gasteiger partial charge in [-0.1, -0.05) is 0 Å². The average molecular weight is 475 g/mol. The van der Waals surface area contributed by atoms with Crippen LogP contribution in [0.5, 0.6) is 0 Å². The topological polar surface area (TPSA) is 0 Å². The standard InChI is InChI=1S/2ClH.Cu.2HI.Rb.H/h2*1H;;2*1H;;/q;;+4;;;;/p-4. The van der Waals surface area contributed by atoms with Crippen molar-refractivity contribution in [3.05, 3.63) is 0 Å². The summed E-state index contributed by atoms with van der Waals surface area (Å²) in [4.78, 5) is 0. The van der Waals surface area contributed by atoms with E-state index in [9.17, 15) is 0 Å². The Hall–Kier alpha value is 4.36. The van der Waals surface area contributed by atoms with Crippen LogP contribution in [0.25, 0.3) is 0 Å². The van der Waals surface area contributed by atoms with E-state index in [0.29, 0.717) is 0 Å². The van der Waals surface area contributed by atoms with Crippen LogP contribution < -0.4 is 0 Å². The van der Waals surface area contributed by atoms with E-state index in [0.717, 1.165) is 0 Å². The third kappa shape index (κ3) is 23.8. The quantitative estimate of drug-likeness (QED) is 0.374. The van der Waals surface area contributed by atoms with Crippen LogP contribution in [0.15, 0.2) is 0 Å². The zero-order valence-electron chi connectivity index (χ0n) is 1.81. The molecule has 0 rings (SSSR count). The molecule has 0 amide bonds. The Morgan fingerprint density at radius 2 is 1.17 bits per heavy atom. The summed E-state index contributed by atoms with van der Waals surface area (Å²) in [6.07, 6.45) is 0. The third-order valence-corrected chi connectivity index (χ3v) is 0. The molecule has 0 bridgehead atoms. The van der Waals surface area contributed by atoms with E-state index >= 15 is 0 Å². The minimum atomic E-state index is -1.24. The predicted octanol–water partition coefficient (Wildman–Crippen LogP) is 2.50. The number of halogens is 4. The summed E-state index contributed by atoms with van der Waals surface area (Å²) < 4.78 is -1.24. The second-order valence-corrected chi connectivity index (χ2v) is 23.9. The molecule has 41 valence electrons. The molecule has 0 saturated heterocycles. The van der Waals surface area contributed by atoms with E-state index in [2.05, 4.69) is 0 Å². The summed E-state index contributed by atoms with van der Waals surface area (Å²) in [6.45, 7) is 0. The van der Waals surface area contributed by atoms with Crippen LogP contribution in [0.1, 0.15) is 0 Å². The van der Waals surface area contributed by atoms with Crippen LogP contribution in [0.2, 0.25) is 0 Å². The van der Waals surface area contributed by atoms with E-state index in [4.69, 9.17) is 20.2 Å². The van der Waals surface area contributed by atoms with Crippen molar-refractivity contribution >= 4 is 119 Å². The molecular weight excluding hydrogens is 474 g/mol. The normalized spacial score (nSPS) is 12.7. The zero-order chi connectivity index (χ0) is 4.50. The Morgan fingerprint density at radius 3 is 1.17 bits per heavy atom. The van der Waals surface area contributed by atoms with E-state index in [1.807, 2.05) is 40.7 Å². The van der Waals surface area contributed by atoms with E-state index in [-0.39, 0.29) is 58.2 Å². The summed E-state index contributed by atoms with van der Waals surface area (Å²) in [6, 6.07) is 0. The van der Waals surface area contributed by atoms with Crippen LogP contribution in [-0.2, 0) is 4.52 Å². The van der Waals surface area contributed by atoms with E-state index in [1.54, 1.807) is 0 Å². The average Bonchev–Trinajstić information content (AvgIpc) is 0.722. The van der Waals surface area contributed by atoms with Crippen molar-refractivity contribution in [2.75, 3.05) is 0 Å². The summed E-state index contributed by atoms with van der Waals surface area (Å²) in [5, 5.41) is 0. The van der Waals surface area contributed by atoms with Crippen molar-refractivity contribution < 1.29 is 4.52 Å². The van der Waals surface area contributed by atoms with Crippen LogP contribution in [-0.4, -0.2) is 58.2 Å². The summed E-state index contributed by atoms with van der Waals surface area (Å²) in [7, 11) is 10.7. The zero-order valence-corrected chi connectivity index (χ0v) is 8.58. The van der Waals surface area contributed by atoms with Gasteiger partial charge in [0.25, 0.3) is 0 Å². The Labute approximate surface area is 119 Å². The van der Waals surface area contributed by atoms with Crippen molar-refractivity contribution in [1.82, 2.24) is 0 Å². The van der Waals surface area contributed by atoms with Gasteiger partial charge in [0.15, 0.2) is 0 Å². The molecule has 0 unspecified atom stereocenters. The first-order chi connectivity index (χ1) is 2.00. The maximum atomic E-state index is 5.35. The molecule has 0 aliphatic carbocycles. The van der Waals surface area contributed by atoms with Crippen LogP contribution >= 0.6 is 60.9 Å². The molecule has 0 aromatic heterocycles. The van der Waals surface area contributed by atoms with Gasteiger partial charge in [0.1, 0.15) is 0 Å². The molecule has 0 aliphatic heterocycles. The fraction of sp³-hybridized carbons (Fsp3) is 0. The monoisotopic (exact) mass is 473 g/mol. The van der Waals surface area contributed by atoms with Gasteiger partial charge in [0, 0.05) is 0 Å². The number of rotatable bonds is 0. The van der Waals surface area contributed by atoms with Crippen molar-refractivity contribution in [1.29, 1.82) is 0 Å². The second kappa shape index (κ2) is 6.10. The number of hydrogen-bond acceptors (Lipinski definition) is 0. The van der Waals surface area contributed by atoms with Crippen molar-refractivity contribution in [3.63, 3.8) is 0 Å². The van der Waals surface area contributed by atoms with Crippen LogP contribution in [0.4, 0.5) is 0 Å². The van der Waals surface area contributed by atoms with Crippen molar-refractivity contribution in [2.45, 2.75) is 0 Å². The fourth-order valence-corrected chi connectivity index (χ4v) is 0. The van der Waals surface area contributed by atoms with Gasteiger partial charge in [-0.3, -0.25) is 0 Å². The molecule has 0 aromatic rings. The molecule has 0 fully saturated rings. The summed E-state index contributed by atoms with van der Waals surface area (Å²) in [5.74, 6) is 0. The Balaban J connectivity index is 0. The Kier molecular flexibility index (Phi) is 13.2. The fourth-order valence-electron chi connectivity index (χ4n) is 0.